The summed E-state index contributed by atoms with van der Waals surface area (Å²) in [7, 11) is 0.852. The van der Waals surface area contributed by atoms with E-state index in [9.17, 15) is 29.3 Å². The van der Waals surface area contributed by atoms with Crippen molar-refractivity contribution < 1.29 is 42.8 Å². The smallest absolute Gasteiger partial charge is 0.377 e. The summed E-state index contributed by atoms with van der Waals surface area (Å²) in [5, 5.41) is 22.2. The second-order valence-electron chi connectivity index (χ2n) is 15.8. The first-order valence-electron chi connectivity index (χ1n) is 20.7. The van der Waals surface area contributed by atoms with Gasteiger partial charge in [-0.1, -0.05) is 168 Å². The number of ketones is 2. The van der Waals surface area contributed by atoms with E-state index in [1.807, 2.05) is 21.1 Å². The van der Waals surface area contributed by atoms with E-state index in [0.717, 1.165) is 44.9 Å². The molecule has 0 fully saturated rings. The number of aliphatic hydroxyl groups is 2. The van der Waals surface area contributed by atoms with Gasteiger partial charge in [-0.05, 0) is 12.8 Å². The van der Waals surface area contributed by atoms with Crippen molar-refractivity contribution in [2.45, 2.75) is 212 Å². The maximum atomic E-state index is 13.3. The van der Waals surface area contributed by atoms with Gasteiger partial charge in [-0.2, -0.15) is 0 Å². The van der Waals surface area contributed by atoms with Crippen LogP contribution in [0.3, 0.4) is 0 Å². The number of likely N-dealkylation sites (N-methyl/N-ethyl adjacent to an activating group) is 1. The fourth-order valence-electron chi connectivity index (χ4n) is 6.25. The Morgan fingerprint density at radius 2 is 0.960 bits per heavy atom. The first-order chi connectivity index (χ1) is 23.8. The number of Topliss-reactive ketones (excluding diaryl/α,β-unsaturated/α-hetero) is 2. The first kappa shape index (κ1) is 49.3. The quantitative estimate of drug-likeness (QED) is 0.0247. The number of unbranched alkanes of at least 4 members (excludes halogenated alkanes) is 24. The number of aliphatic hydroxyl groups excluding tert-OH is 1. The molecule has 0 heterocycles. The van der Waals surface area contributed by atoms with E-state index in [4.69, 9.17) is 9.05 Å². The molecular weight excluding hydrogens is 653 g/mol. The van der Waals surface area contributed by atoms with Crippen LogP contribution in [-0.4, -0.2) is 77.3 Å². The topological polar surface area (TPSA) is 130 Å². The van der Waals surface area contributed by atoms with Gasteiger partial charge in [-0.3, -0.25) is 18.6 Å². The van der Waals surface area contributed by atoms with E-state index in [1.54, 1.807) is 0 Å². The van der Waals surface area contributed by atoms with Crippen LogP contribution in [0.2, 0.25) is 0 Å². The normalized spacial score (nSPS) is 15.1. The molecule has 50 heavy (non-hydrogen) atoms. The van der Waals surface area contributed by atoms with Gasteiger partial charge in [0.05, 0.1) is 21.1 Å². The molecule has 298 valence electrons. The number of hydrogen-bond donors (Lipinski definition) is 3. The minimum atomic E-state index is -4.81. The molecule has 0 aliphatic heterocycles. The third-order valence-electron chi connectivity index (χ3n) is 9.67. The van der Waals surface area contributed by atoms with E-state index in [1.165, 1.54) is 109 Å². The average molecular weight is 735 g/mol. The Hall–Kier alpha value is -0.670. The van der Waals surface area contributed by atoms with Crippen LogP contribution in [0.4, 0.5) is 0 Å². The summed E-state index contributed by atoms with van der Waals surface area (Å²) < 4.78 is 23.0. The number of nitrogens with zero attached hydrogens (tertiary/aromatic N) is 1. The van der Waals surface area contributed by atoms with Crippen LogP contribution in [0.5, 0.6) is 0 Å². The molecule has 0 aromatic carbocycles. The molecule has 0 spiro atoms. The summed E-state index contributed by atoms with van der Waals surface area (Å²) in [5.41, 5.74) is -2.62. The number of phosphoric ester groups is 1. The zero-order valence-electron chi connectivity index (χ0n) is 33.3. The van der Waals surface area contributed by atoms with E-state index in [-0.39, 0.29) is 25.2 Å². The lowest BCUT2D eigenvalue weighted by Crippen LogP contribution is -2.52. The highest BCUT2D eigenvalue weighted by Crippen LogP contribution is 2.46. The van der Waals surface area contributed by atoms with Gasteiger partial charge in [0.25, 0.3) is 0 Å². The van der Waals surface area contributed by atoms with Gasteiger partial charge < -0.3 is 19.6 Å². The van der Waals surface area contributed by atoms with Crippen molar-refractivity contribution in [2.75, 3.05) is 34.3 Å². The number of hydrogen-bond acceptors (Lipinski definition) is 7. The zero-order valence-corrected chi connectivity index (χ0v) is 34.2. The lowest BCUT2D eigenvalue weighted by molar-refractivity contribution is -0.870. The second kappa shape index (κ2) is 30.8. The standard InChI is InChI=1S/C40H80NO8P/c1-6-8-10-12-14-16-18-20-22-24-26-28-30-32-37(42)36-40(45,39(44)49-50(46,47)48-35-34-41(3,4)5)38(43)33-31-29-27-25-23-21-19-17-15-13-11-9-7-2/h39,44-45H,6-36H2,1-5H3/p+1. The summed E-state index contributed by atoms with van der Waals surface area (Å²) >= 11 is 0. The van der Waals surface area contributed by atoms with E-state index in [2.05, 4.69) is 13.8 Å². The molecule has 3 atom stereocenters. The van der Waals surface area contributed by atoms with Crippen molar-refractivity contribution in [1.82, 2.24) is 0 Å². The summed E-state index contributed by atoms with van der Waals surface area (Å²) in [6.07, 6.45) is 27.2. The Morgan fingerprint density at radius 1 is 0.620 bits per heavy atom. The maximum Gasteiger partial charge on any atom is 0.474 e. The van der Waals surface area contributed by atoms with Gasteiger partial charge in [-0.25, -0.2) is 4.57 Å². The highest BCUT2D eigenvalue weighted by molar-refractivity contribution is 7.47. The molecule has 0 aliphatic rings. The number of quaternary nitrogens is 1. The molecule has 0 aromatic rings. The molecule has 0 amide bonds. The molecule has 0 saturated carbocycles. The number of carbonyl (C=O) groups is 2. The molecule has 0 aliphatic carbocycles. The molecule has 0 rings (SSSR count). The Kier molecular flexibility index (Phi) is 30.3. The fraction of sp³-hybridized carbons (Fsp3) is 0.950. The molecule has 3 unspecified atom stereocenters. The molecule has 3 N–H and O–H groups in total. The van der Waals surface area contributed by atoms with Crippen LogP contribution < -0.4 is 0 Å². The first-order valence-corrected chi connectivity index (χ1v) is 22.2. The lowest BCUT2D eigenvalue weighted by atomic mass is 9.87. The minimum absolute atomic E-state index is 0.0568. The van der Waals surface area contributed by atoms with Crippen LogP contribution in [0.15, 0.2) is 0 Å². The van der Waals surface area contributed by atoms with Crippen molar-refractivity contribution in [3.05, 3.63) is 0 Å². The van der Waals surface area contributed by atoms with Gasteiger partial charge >= 0.3 is 7.82 Å². The average Bonchev–Trinajstić information content (AvgIpc) is 3.04. The maximum absolute atomic E-state index is 13.3. The fourth-order valence-corrected chi connectivity index (χ4v) is 7.05. The van der Waals surface area contributed by atoms with Gasteiger partial charge in [0.2, 0.25) is 6.29 Å². The van der Waals surface area contributed by atoms with E-state index < -0.39 is 31.9 Å². The molecule has 0 radical (unpaired) electrons. The van der Waals surface area contributed by atoms with Crippen LogP contribution in [0.25, 0.3) is 0 Å². The minimum Gasteiger partial charge on any atom is -0.377 e. The highest BCUT2D eigenvalue weighted by atomic mass is 31.2. The number of carbonyl (C=O) groups excluding carboxylic acids is 2. The lowest BCUT2D eigenvalue weighted by Gasteiger charge is -2.31. The summed E-state index contributed by atoms with van der Waals surface area (Å²) in [4.78, 5) is 36.5. The van der Waals surface area contributed by atoms with Crippen molar-refractivity contribution >= 4 is 19.4 Å². The summed E-state index contributed by atoms with van der Waals surface area (Å²) in [6, 6.07) is 0. The summed E-state index contributed by atoms with van der Waals surface area (Å²) in [5.74, 6) is -1.13. The predicted octanol–water partition coefficient (Wildman–Crippen LogP) is 10.4. The van der Waals surface area contributed by atoms with Crippen LogP contribution >= 0.6 is 7.82 Å². The Bertz CT molecular complexity index is 880. The summed E-state index contributed by atoms with van der Waals surface area (Å²) in [6.45, 7) is 4.73. The van der Waals surface area contributed by atoms with E-state index in [0.29, 0.717) is 23.9 Å². The van der Waals surface area contributed by atoms with Gasteiger partial charge in [0, 0.05) is 19.3 Å². The van der Waals surface area contributed by atoms with Gasteiger partial charge in [-0.15, -0.1) is 0 Å². The van der Waals surface area contributed by atoms with Crippen molar-refractivity contribution in [3.63, 3.8) is 0 Å². The van der Waals surface area contributed by atoms with Gasteiger partial charge in [0.1, 0.15) is 18.9 Å². The van der Waals surface area contributed by atoms with E-state index >= 15 is 0 Å². The van der Waals surface area contributed by atoms with Crippen molar-refractivity contribution in [3.8, 4) is 0 Å². The molecule has 0 bridgehead atoms. The van der Waals surface area contributed by atoms with Gasteiger partial charge in [0.15, 0.2) is 11.4 Å². The number of phosphoric acid groups is 1. The molecular formula is C40H81NO8P+. The second-order valence-corrected chi connectivity index (χ2v) is 17.2. The Balaban J connectivity index is 4.74. The molecule has 0 saturated heterocycles. The van der Waals surface area contributed by atoms with Crippen molar-refractivity contribution in [1.29, 1.82) is 0 Å². The monoisotopic (exact) mass is 735 g/mol. The van der Waals surface area contributed by atoms with Crippen LogP contribution in [-0.2, 0) is 23.2 Å². The molecule has 0 aromatic heterocycles. The third-order valence-corrected chi connectivity index (χ3v) is 10.6. The molecule has 10 heteroatoms. The third kappa shape index (κ3) is 28.9. The Morgan fingerprint density at radius 3 is 1.32 bits per heavy atom. The Labute approximate surface area is 307 Å². The zero-order chi connectivity index (χ0) is 37.6. The van der Waals surface area contributed by atoms with Crippen LogP contribution in [0, 0.1) is 0 Å². The highest BCUT2D eigenvalue weighted by Gasteiger charge is 2.48. The predicted molar refractivity (Wildman–Crippen MR) is 206 cm³/mol. The van der Waals surface area contributed by atoms with Crippen LogP contribution in [0.1, 0.15) is 200 Å². The number of rotatable bonds is 38. The molecule has 9 nitrogen and oxygen atoms in total. The largest absolute Gasteiger partial charge is 0.474 e. The van der Waals surface area contributed by atoms with Crippen molar-refractivity contribution in [2.24, 2.45) is 0 Å². The SMILES string of the molecule is CCCCCCCCCCCCCCCC(=O)CC(O)(C(=O)CCCCCCCCCCCCCCC)C(O)OP(=O)(O)OCC[N+](C)(C)C.